The summed E-state index contributed by atoms with van der Waals surface area (Å²) in [6, 6.07) is 0. The Kier molecular flexibility index (Phi) is 2.15. The van der Waals surface area contributed by atoms with Crippen molar-refractivity contribution in [3.05, 3.63) is 0 Å². The highest BCUT2D eigenvalue weighted by Gasteiger charge is 2.55. The first-order chi connectivity index (χ1) is 6.29. The second-order valence-corrected chi connectivity index (χ2v) is 6.55. The van der Waals surface area contributed by atoms with Crippen molar-refractivity contribution in [2.75, 3.05) is 0 Å². The van der Waals surface area contributed by atoms with Crippen LogP contribution in [0.1, 0.15) is 52.9 Å². The van der Waals surface area contributed by atoms with Crippen LogP contribution in [-0.2, 0) is 0 Å². The minimum atomic E-state index is -0.495. The summed E-state index contributed by atoms with van der Waals surface area (Å²) in [7, 11) is 12.9. The van der Waals surface area contributed by atoms with Gasteiger partial charge < -0.3 is 0 Å². The van der Waals surface area contributed by atoms with Gasteiger partial charge in [0.05, 0.1) is 15.7 Å². The van der Waals surface area contributed by atoms with Crippen molar-refractivity contribution in [2.24, 2.45) is 16.7 Å². The lowest BCUT2D eigenvalue weighted by atomic mass is 9.33. The fourth-order valence-electron chi connectivity index (χ4n) is 3.57. The number of hydrogen-bond acceptors (Lipinski definition) is 0. The van der Waals surface area contributed by atoms with Crippen LogP contribution < -0.4 is 0 Å². The minimum Gasteiger partial charge on any atom is -0.0889 e. The predicted molar refractivity (Wildman–Crippen MR) is 62.7 cm³/mol. The molecule has 14 heavy (non-hydrogen) atoms. The van der Waals surface area contributed by atoms with Crippen molar-refractivity contribution in [2.45, 2.75) is 58.1 Å². The van der Waals surface area contributed by atoms with Crippen LogP contribution in [0.15, 0.2) is 0 Å². The van der Waals surface area contributed by atoms with Crippen molar-refractivity contribution < 1.29 is 0 Å². The van der Waals surface area contributed by atoms with Gasteiger partial charge in [0.15, 0.2) is 0 Å². The molecule has 0 aromatic heterocycles. The van der Waals surface area contributed by atoms with E-state index in [2.05, 4.69) is 20.8 Å². The molecular formula is C12H20B2. The molecule has 2 rings (SSSR count). The molecular weight excluding hydrogens is 166 g/mol. The molecule has 2 bridgehead atoms. The quantitative estimate of drug-likeness (QED) is 0.552. The molecule has 0 unspecified atom stereocenters. The highest BCUT2D eigenvalue weighted by molar-refractivity contribution is 6.41. The van der Waals surface area contributed by atoms with Crippen molar-refractivity contribution in [1.29, 1.82) is 0 Å². The molecule has 0 amide bonds. The van der Waals surface area contributed by atoms with Crippen LogP contribution in [0.4, 0.5) is 0 Å². The zero-order valence-corrected chi connectivity index (χ0v) is 9.77. The molecule has 0 aliphatic heterocycles. The van der Waals surface area contributed by atoms with Crippen LogP contribution in [0.3, 0.4) is 0 Å². The SMILES string of the molecule is [B]C([B])(C(C)(C)C)C12CCC(CC1)C2. The lowest BCUT2D eigenvalue weighted by Gasteiger charge is -2.53. The second kappa shape index (κ2) is 2.83. The summed E-state index contributed by atoms with van der Waals surface area (Å²) in [5.41, 5.74) is 0.252. The Morgan fingerprint density at radius 2 is 1.57 bits per heavy atom. The zero-order valence-electron chi connectivity index (χ0n) is 9.77. The summed E-state index contributed by atoms with van der Waals surface area (Å²) in [6.07, 6.45) is 6.49. The van der Waals surface area contributed by atoms with Gasteiger partial charge in [-0.3, -0.25) is 0 Å². The van der Waals surface area contributed by atoms with Crippen LogP contribution in [0.2, 0.25) is 5.21 Å². The van der Waals surface area contributed by atoms with Crippen molar-refractivity contribution >= 4 is 15.7 Å². The van der Waals surface area contributed by atoms with Gasteiger partial charge in [0, 0.05) is 0 Å². The molecule has 0 atom stereocenters. The van der Waals surface area contributed by atoms with E-state index in [-0.39, 0.29) is 10.8 Å². The molecule has 2 heteroatoms. The van der Waals surface area contributed by atoms with E-state index in [0.717, 1.165) is 5.92 Å². The van der Waals surface area contributed by atoms with Gasteiger partial charge in [-0.2, -0.15) is 0 Å². The molecule has 0 heterocycles. The van der Waals surface area contributed by atoms with Gasteiger partial charge in [-0.1, -0.05) is 26.0 Å². The van der Waals surface area contributed by atoms with Crippen LogP contribution in [0.5, 0.6) is 0 Å². The molecule has 74 valence electrons. The Morgan fingerprint density at radius 3 is 1.86 bits per heavy atom. The largest absolute Gasteiger partial charge is 0.0889 e. The molecule has 2 saturated carbocycles. The van der Waals surface area contributed by atoms with Gasteiger partial charge in [-0.15, -0.1) is 0 Å². The Balaban J connectivity index is 2.29. The third kappa shape index (κ3) is 1.22. The van der Waals surface area contributed by atoms with E-state index in [1.807, 2.05) is 0 Å². The molecule has 0 N–H and O–H groups in total. The fourth-order valence-corrected chi connectivity index (χ4v) is 3.57. The summed E-state index contributed by atoms with van der Waals surface area (Å²) in [4.78, 5) is 0. The van der Waals surface area contributed by atoms with E-state index in [0.29, 0.717) is 0 Å². The summed E-state index contributed by atoms with van der Waals surface area (Å²) in [6.45, 7) is 6.52. The maximum absolute atomic E-state index is 6.45. The van der Waals surface area contributed by atoms with Crippen molar-refractivity contribution in [3.63, 3.8) is 0 Å². The zero-order chi connectivity index (χ0) is 10.6. The molecule has 0 aromatic rings. The Hall–Kier alpha value is 0.130. The lowest BCUT2D eigenvalue weighted by molar-refractivity contribution is 0.147. The number of rotatable bonds is 1. The minimum absolute atomic E-state index is 0.00618. The van der Waals surface area contributed by atoms with Gasteiger partial charge >= 0.3 is 0 Å². The monoisotopic (exact) mass is 186 g/mol. The van der Waals surface area contributed by atoms with Crippen LogP contribution in [-0.4, -0.2) is 15.7 Å². The van der Waals surface area contributed by atoms with E-state index in [1.54, 1.807) is 0 Å². The average molecular weight is 186 g/mol. The summed E-state index contributed by atoms with van der Waals surface area (Å²) in [5.74, 6) is 0.920. The number of hydrogen-bond donors (Lipinski definition) is 0. The predicted octanol–water partition coefficient (Wildman–Crippen LogP) is 3.07. The highest BCUT2D eigenvalue weighted by atomic mass is 14.6. The molecule has 0 aromatic carbocycles. The third-order valence-corrected chi connectivity index (χ3v) is 4.86. The Labute approximate surface area is 91.0 Å². The molecule has 2 fully saturated rings. The summed E-state index contributed by atoms with van der Waals surface area (Å²) < 4.78 is 0. The van der Waals surface area contributed by atoms with E-state index >= 15 is 0 Å². The van der Waals surface area contributed by atoms with Gasteiger partial charge in [-0.25, -0.2) is 0 Å². The maximum atomic E-state index is 6.45. The van der Waals surface area contributed by atoms with E-state index < -0.39 is 5.21 Å². The van der Waals surface area contributed by atoms with E-state index in [4.69, 9.17) is 15.7 Å². The Morgan fingerprint density at radius 1 is 1.07 bits per heavy atom. The van der Waals surface area contributed by atoms with Gasteiger partial charge in [0.2, 0.25) is 0 Å². The second-order valence-electron chi connectivity index (χ2n) is 6.55. The van der Waals surface area contributed by atoms with Crippen LogP contribution >= 0.6 is 0 Å². The first kappa shape index (κ1) is 10.6. The first-order valence-electron chi connectivity index (χ1n) is 5.86. The molecule has 0 saturated heterocycles. The van der Waals surface area contributed by atoms with Gasteiger partial charge in [0.25, 0.3) is 0 Å². The average Bonchev–Trinajstić information content (AvgIpc) is 2.61. The molecule has 2 aliphatic rings. The lowest BCUT2D eigenvalue weighted by Crippen LogP contribution is -2.43. The maximum Gasteiger partial charge on any atom is 0.0635 e. The molecule has 0 nitrogen and oxygen atoms in total. The standard InChI is InChI=1S/C12H20B2/c1-10(2,3)12(13,14)11-6-4-9(8-11)5-7-11/h9H,4-8H2,1-3H3. The molecule has 2 aliphatic carbocycles. The third-order valence-electron chi connectivity index (χ3n) is 4.86. The Bertz CT molecular complexity index is 229. The smallest absolute Gasteiger partial charge is 0.0635 e. The van der Waals surface area contributed by atoms with Crippen LogP contribution in [0, 0.1) is 16.7 Å². The topological polar surface area (TPSA) is 0 Å². The number of fused-ring (bicyclic) bond motifs is 2. The van der Waals surface area contributed by atoms with E-state index in [9.17, 15) is 0 Å². The normalized spacial score (nSPS) is 37.8. The first-order valence-corrected chi connectivity index (χ1v) is 5.86. The van der Waals surface area contributed by atoms with Crippen LogP contribution in [0.25, 0.3) is 0 Å². The van der Waals surface area contributed by atoms with E-state index in [1.165, 1.54) is 32.1 Å². The highest BCUT2D eigenvalue weighted by Crippen LogP contribution is 2.68. The fraction of sp³-hybridized carbons (Fsp3) is 1.00. The molecule has 0 spiro atoms. The molecule has 4 radical (unpaired) electrons. The van der Waals surface area contributed by atoms with Crippen molar-refractivity contribution in [3.8, 4) is 0 Å². The van der Waals surface area contributed by atoms with Crippen molar-refractivity contribution in [1.82, 2.24) is 0 Å². The summed E-state index contributed by atoms with van der Waals surface area (Å²) >= 11 is 0. The van der Waals surface area contributed by atoms with Gasteiger partial charge in [0.1, 0.15) is 0 Å². The van der Waals surface area contributed by atoms with Gasteiger partial charge in [-0.05, 0) is 48.9 Å². The summed E-state index contributed by atoms with van der Waals surface area (Å²) in [5, 5.41) is -0.495.